The molecule has 6 nitrogen and oxygen atoms in total. The molecular weight excluding hydrogens is 457 g/mol. The molecule has 1 saturated carbocycles. The Hall–Kier alpha value is -2.70. The fourth-order valence-electron chi connectivity index (χ4n) is 3.96. The maximum Gasteiger partial charge on any atom is 0.254 e. The van der Waals surface area contributed by atoms with Crippen LogP contribution in [0.5, 0.6) is 0 Å². The number of rotatable bonds is 7. The molecule has 1 amide bonds. The summed E-state index contributed by atoms with van der Waals surface area (Å²) in [6, 6.07) is 5.20. The van der Waals surface area contributed by atoms with Crippen molar-refractivity contribution in [2.75, 3.05) is 20.6 Å². The number of nitrogens with one attached hydrogen (secondary N) is 2. The Kier molecular flexibility index (Phi) is 8.64. The van der Waals surface area contributed by atoms with E-state index in [1.54, 1.807) is 18.2 Å². The van der Waals surface area contributed by atoms with Crippen molar-refractivity contribution in [2.45, 2.75) is 31.7 Å². The normalized spacial score (nSPS) is 22.7. The minimum absolute atomic E-state index is 0.116. The van der Waals surface area contributed by atoms with Gasteiger partial charge in [-0.2, -0.15) is 0 Å². The van der Waals surface area contributed by atoms with E-state index in [4.69, 9.17) is 28.9 Å². The van der Waals surface area contributed by atoms with Crippen molar-refractivity contribution in [2.24, 2.45) is 16.6 Å². The Morgan fingerprint density at radius 3 is 2.42 bits per heavy atom. The molecule has 0 spiro atoms. The molecule has 0 bridgehead atoms. The zero-order chi connectivity index (χ0) is 24.0. The van der Waals surface area contributed by atoms with Crippen LogP contribution >= 0.6 is 23.2 Å². The van der Waals surface area contributed by atoms with Crippen molar-refractivity contribution < 1.29 is 4.79 Å². The van der Waals surface area contributed by atoms with E-state index in [0.29, 0.717) is 33.2 Å². The largest absolute Gasteiger partial charge is 0.385 e. The smallest absolute Gasteiger partial charge is 0.254 e. The second-order valence-corrected chi connectivity index (χ2v) is 9.34. The molecule has 0 saturated heterocycles. The van der Waals surface area contributed by atoms with Gasteiger partial charge in [-0.15, -0.1) is 0 Å². The summed E-state index contributed by atoms with van der Waals surface area (Å²) in [6.07, 6.45) is 11.6. The lowest BCUT2D eigenvalue weighted by molar-refractivity contribution is 0.0922. The summed E-state index contributed by atoms with van der Waals surface area (Å²) in [5.41, 5.74) is 8.20. The lowest BCUT2D eigenvalue weighted by atomic mass is 9.86. The molecule has 8 heteroatoms. The molecule has 2 aliphatic carbocycles. The Bertz CT molecular complexity index is 997. The van der Waals surface area contributed by atoms with Crippen molar-refractivity contribution in [3.8, 4) is 0 Å². The third-order valence-corrected chi connectivity index (χ3v) is 6.51. The summed E-state index contributed by atoms with van der Waals surface area (Å²) >= 11 is 12.3. The van der Waals surface area contributed by atoms with Crippen LogP contribution in [-0.4, -0.2) is 43.2 Å². The number of nitrogens with zero attached hydrogens (tertiary/aromatic N) is 2. The maximum atomic E-state index is 12.6. The summed E-state index contributed by atoms with van der Waals surface area (Å²) in [4.78, 5) is 19.1. The molecule has 0 radical (unpaired) electrons. The molecule has 1 fully saturated rings. The number of carbonyl (C=O) groups excluding carboxylic acids is 1. The molecule has 176 valence electrons. The Morgan fingerprint density at radius 1 is 1.15 bits per heavy atom. The van der Waals surface area contributed by atoms with Crippen LogP contribution in [0.25, 0.3) is 0 Å². The summed E-state index contributed by atoms with van der Waals surface area (Å²) in [6.45, 7) is 4.85. The lowest BCUT2D eigenvalue weighted by Crippen LogP contribution is -2.39. The minimum Gasteiger partial charge on any atom is -0.385 e. The number of nitrogens with two attached hydrogens (primary N) is 1. The molecule has 0 atom stereocenters. The molecule has 2 aliphatic rings. The predicted octanol–water partition coefficient (Wildman–Crippen LogP) is 4.64. The van der Waals surface area contributed by atoms with Crippen molar-refractivity contribution >= 4 is 34.8 Å². The Labute approximate surface area is 205 Å². The van der Waals surface area contributed by atoms with Crippen molar-refractivity contribution in [1.82, 2.24) is 15.5 Å². The number of hydrogen-bond donors (Lipinski definition) is 3. The van der Waals surface area contributed by atoms with Crippen LogP contribution in [-0.2, 0) is 0 Å². The lowest BCUT2D eigenvalue weighted by Gasteiger charge is -2.29. The summed E-state index contributed by atoms with van der Waals surface area (Å²) in [7, 11) is 3.81. The maximum absolute atomic E-state index is 12.6. The van der Waals surface area contributed by atoms with Gasteiger partial charge in [0.25, 0.3) is 5.91 Å². The fourth-order valence-corrected chi connectivity index (χ4v) is 4.53. The first-order chi connectivity index (χ1) is 15.8. The monoisotopic (exact) mass is 487 g/mol. The van der Waals surface area contributed by atoms with Crippen LogP contribution in [0.3, 0.4) is 0 Å². The highest BCUT2D eigenvalue weighted by atomic mass is 35.5. The standard InChI is InChI=1S/C25H31Cl2N5O/c1-16(30-22-10-5-4-7-19(22)24(28)32(2)3)29-15-17-11-13-18(14-12-17)31-25(33)23-20(26)8-6-9-21(23)27/h4-10,17-18,29H,1,11-15,28H2,2-3H3,(H,31,33)/b24-19+,30-22-/t17-,18+. The predicted molar refractivity (Wildman–Crippen MR) is 137 cm³/mol. The number of hydrogen-bond acceptors (Lipinski definition) is 5. The zero-order valence-corrected chi connectivity index (χ0v) is 20.6. The van der Waals surface area contributed by atoms with Gasteiger partial charge in [0.2, 0.25) is 0 Å². The number of allylic oxidation sites excluding steroid dienone is 5. The summed E-state index contributed by atoms with van der Waals surface area (Å²) in [5.74, 6) is 1.54. The SMILES string of the molecule is C=C(/N=C1/C=CC=C/C1=C(/N)N(C)C)NC[C@H]1CC[C@@H](NC(=O)c2c(Cl)cccc2Cl)CC1. The van der Waals surface area contributed by atoms with E-state index in [9.17, 15) is 4.79 Å². The van der Waals surface area contributed by atoms with Crippen LogP contribution in [0.15, 0.2) is 71.3 Å². The number of halogens is 2. The van der Waals surface area contributed by atoms with Gasteiger partial charge in [0.15, 0.2) is 0 Å². The van der Waals surface area contributed by atoms with Gasteiger partial charge in [0, 0.05) is 32.3 Å². The average Bonchev–Trinajstić information content (AvgIpc) is 2.78. The highest BCUT2D eigenvalue weighted by molar-refractivity contribution is 6.39. The Balaban J connectivity index is 1.49. The summed E-state index contributed by atoms with van der Waals surface area (Å²) < 4.78 is 0. The van der Waals surface area contributed by atoms with E-state index in [-0.39, 0.29) is 11.9 Å². The van der Waals surface area contributed by atoms with Crippen LogP contribution in [0.4, 0.5) is 0 Å². The minimum atomic E-state index is -0.216. The first kappa shape index (κ1) is 24.9. The molecule has 1 aromatic carbocycles. The first-order valence-electron chi connectivity index (χ1n) is 11.0. The summed E-state index contributed by atoms with van der Waals surface area (Å²) in [5, 5.41) is 7.16. The van der Waals surface area contributed by atoms with Crippen molar-refractivity contribution in [3.63, 3.8) is 0 Å². The van der Waals surface area contributed by atoms with Gasteiger partial charge in [0.05, 0.1) is 21.3 Å². The zero-order valence-electron chi connectivity index (χ0n) is 19.1. The second-order valence-electron chi connectivity index (χ2n) is 8.52. The molecule has 0 heterocycles. The van der Waals surface area contributed by atoms with Gasteiger partial charge in [-0.3, -0.25) is 4.79 Å². The molecule has 0 aromatic heterocycles. The van der Waals surface area contributed by atoms with Gasteiger partial charge in [-0.1, -0.05) is 48.0 Å². The van der Waals surface area contributed by atoms with E-state index >= 15 is 0 Å². The first-order valence-corrected chi connectivity index (χ1v) is 11.8. The van der Waals surface area contributed by atoms with Gasteiger partial charge >= 0.3 is 0 Å². The fraction of sp³-hybridized carbons (Fsp3) is 0.360. The van der Waals surface area contributed by atoms with Crippen LogP contribution in [0, 0.1) is 5.92 Å². The van der Waals surface area contributed by atoms with Gasteiger partial charge in [-0.25, -0.2) is 4.99 Å². The van der Waals surface area contributed by atoms with Crippen LogP contribution in [0.2, 0.25) is 10.0 Å². The van der Waals surface area contributed by atoms with Gasteiger partial charge in [-0.05, 0) is 55.9 Å². The van der Waals surface area contributed by atoms with Crippen LogP contribution in [0.1, 0.15) is 36.0 Å². The number of aliphatic imine (C=N–C) groups is 1. The van der Waals surface area contributed by atoms with Gasteiger partial charge in [0.1, 0.15) is 11.6 Å². The van der Waals surface area contributed by atoms with E-state index in [1.165, 1.54) is 0 Å². The number of amides is 1. The highest BCUT2D eigenvalue weighted by Crippen LogP contribution is 2.27. The number of carbonyl (C=O) groups is 1. The highest BCUT2D eigenvalue weighted by Gasteiger charge is 2.24. The third kappa shape index (κ3) is 6.65. The molecule has 0 aliphatic heterocycles. The number of benzene rings is 1. The van der Waals surface area contributed by atoms with Crippen molar-refractivity contribution in [1.29, 1.82) is 0 Å². The topological polar surface area (TPSA) is 82.8 Å². The molecular formula is C25H31Cl2N5O. The third-order valence-electron chi connectivity index (χ3n) is 5.88. The quantitative estimate of drug-likeness (QED) is 0.522. The van der Waals surface area contributed by atoms with Crippen molar-refractivity contribution in [3.05, 3.63) is 81.9 Å². The van der Waals surface area contributed by atoms with E-state index in [1.807, 2.05) is 43.3 Å². The van der Waals surface area contributed by atoms with E-state index < -0.39 is 0 Å². The van der Waals surface area contributed by atoms with Crippen LogP contribution < -0.4 is 16.4 Å². The molecule has 4 N–H and O–H groups in total. The molecule has 1 aromatic rings. The molecule has 3 rings (SSSR count). The second kappa shape index (κ2) is 11.4. The van der Waals surface area contributed by atoms with E-state index in [0.717, 1.165) is 43.5 Å². The molecule has 0 unspecified atom stereocenters. The Morgan fingerprint density at radius 2 is 1.79 bits per heavy atom. The average molecular weight is 488 g/mol. The van der Waals surface area contributed by atoms with Gasteiger partial charge < -0.3 is 21.3 Å². The van der Waals surface area contributed by atoms with E-state index in [2.05, 4.69) is 22.2 Å². The molecule has 33 heavy (non-hydrogen) atoms.